The molecule has 356 valence electrons. The zero-order chi connectivity index (χ0) is 43.8. The highest BCUT2D eigenvalue weighted by molar-refractivity contribution is 5.77. The normalized spacial score (nSPS) is 13.2. The highest BCUT2D eigenvalue weighted by Crippen LogP contribution is 2.19. The lowest BCUT2D eigenvalue weighted by atomic mass is 10.0. The molecule has 3 unspecified atom stereocenters. The largest absolute Gasteiger partial charge is 0.462 e. The van der Waals surface area contributed by atoms with Gasteiger partial charge in [-0.15, -0.1) is 0 Å². The van der Waals surface area contributed by atoms with Crippen LogP contribution in [0.5, 0.6) is 0 Å². The fraction of sp³-hybridized carbons (Fsp3) is 0.926. The number of aliphatic hydroxyl groups excluding tert-OH is 2. The van der Waals surface area contributed by atoms with Crippen molar-refractivity contribution < 1.29 is 24.5 Å². The molecule has 6 nitrogen and oxygen atoms in total. The van der Waals surface area contributed by atoms with Crippen LogP contribution in [0.3, 0.4) is 0 Å². The minimum absolute atomic E-state index is 0.0816. The molecule has 0 saturated heterocycles. The van der Waals surface area contributed by atoms with Crippen molar-refractivity contribution in [2.24, 2.45) is 0 Å². The molecule has 0 bridgehead atoms. The van der Waals surface area contributed by atoms with Gasteiger partial charge in [-0.25, -0.2) is 0 Å². The number of nitrogens with one attached hydrogen (secondary N) is 1. The highest BCUT2D eigenvalue weighted by atomic mass is 16.5. The van der Waals surface area contributed by atoms with E-state index < -0.39 is 18.2 Å². The van der Waals surface area contributed by atoms with Crippen molar-refractivity contribution in [1.29, 1.82) is 0 Å². The van der Waals surface area contributed by atoms with Crippen molar-refractivity contribution in [2.45, 2.75) is 315 Å². The van der Waals surface area contributed by atoms with Crippen molar-refractivity contribution in [2.75, 3.05) is 6.61 Å². The number of carbonyl (C=O) groups is 2. The Morgan fingerprint density at radius 3 is 1.25 bits per heavy atom. The number of carbonyl (C=O) groups excluding carboxylic acids is 2. The summed E-state index contributed by atoms with van der Waals surface area (Å²) in [4.78, 5) is 26.1. The Hall–Kier alpha value is -1.40. The molecule has 0 aromatic rings. The zero-order valence-electron chi connectivity index (χ0n) is 40.6. The number of allylic oxidation sites excluding steroid dienone is 2. The molecule has 0 heterocycles. The van der Waals surface area contributed by atoms with E-state index in [1.54, 1.807) is 0 Å². The Morgan fingerprint density at radius 1 is 0.467 bits per heavy atom. The Kier molecular flexibility index (Phi) is 47.5. The third-order valence-electron chi connectivity index (χ3n) is 12.6. The molecule has 0 rings (SSSR count). The van der Waals surface area contributed by atoms with Gasteiger partial charge in [0.25, 0.3) is 0 Å². The summed E-state index contributed by atoms with van der Waals surface area (Å²) in [7, 11) is 0. The van der Waals surface area contributed by atoms with Crippen LogP contribution < -0.4 is 5.32 Å². The van der Waals surface area contributed by atoms with Gasteiger partial charge in [0.05, 0.1) is 25.2 Å². The summed E-state index contributed by atoms with van der Waals surface area (Å²) >= 11 is 0. The average Bonchev–Trinajstić information content (AvgIpc) is 3.24. The fourth-order valence-electron chi connectivity index (χ4n) is 8.49. The summed E-state index contributed by atoms with van der Waals surface area (Å²) in [5.41, 5.74) is 0. The number of rotatable bonds is 49. The first-order valence-electron chi connectivity index (χ1n) is 26.9. The first-order valence-corrected chi connectivity index (χ1v) is 26.9. The monoisotopic (exact) mass is 848 g/mol. The molecule has 0 aliphatic heterocycles. The van der Waals surface area contributed by atoms with E-state index in [1.165, 1.54) is 193 Å². The second kappa shape index (κ2) is 48.6. The fourth-order valence-corrected chi connectivity index (χ4v) is 8.49. The molecule has 3 atom stereocenters. The molecule has 0 fully saturated rings. The van der Waals surface area contributed by atoms with Crippen molar-refractivity contribution in [3.63, 3.8) is 0 Å². The molecule has 0 aliphatic rings. The van der Waals surface area contributed by atoms with Gasteiger partial charge in [0, 0.05) is 6.42 Å². The second-order valence-corrected chi connectivity index (χ2v) is 18.6. The van der Waals surface area contributed by atoms with Crippen LogP contribution in [0.1, 0.15) is 297 Å². The number of esters is 1. The molecule has 0 radical (unpaired) electrons. The number of ether oxygens (including phenoxy) is 1. The van der Waals surface area contributed by atoms with E-state index >= 15 is 0 Å². The van der Waals surface area contributed by atoms with Crippen LogP contribution in [0.15, 0.2) is 12.2 Å². The Bertz CT molecular complexity index is 909. The summed E-state index contributed by atoms with van der Waals surface area (Å²) in [5.74, 6) is -0.467. The van der Waals surface area contributed by atoms with Gasteiger partial charge < -0.3 is 20.3 Å². The lowest BCUT2D eigenvalue weighted by molar-refractivity contribution is -0.151. The summed E-state index contributed by atoms with van der Waals surface area (Å²) in [6, 6.07) is -0.696. The van der Waals surface area contributed by atoms with Gasteiger partial charge in [0.2, 0.25) is 5.91 Å². The topological polar surface area (TPSA) is 95.9 Å². The van der Waals surface area contributed by atoms with Gasteiger partial charge in [-0.05, 0) is 44.9 Å². The van der Waals surface area contributed by atoms with Crippen molar-refractivity contribution in [3.8, 4) is 0 Å². The number of unbranched alkanes of at least 4 members (excludes halogenated alkanes) is 35. The first kappa shape index (κ1) is 58.6. The van der Waals surface area contributed by atoms with Crippen molar-refractivity contribution in [3.05, 3.63) is 12.2 Å². The van der Waals surface area contributed by atoms with E-state index in [0.717, 1.165) is 57.8 Å². The third-order valence-corrected chi connectivity index (χ3v) is 12.6. The summed E-state index contributed by atoms with van der Waals surface area (Å²) in [5, 5.41) is 23.8. The molecule has 0 aliphatic carbocycles. The highest BCUT2D eigenvalue weighted by Gasteiger charge is 2.24. The molecule has 0 aromatic carbocycles. The zero-order valence-corrected chi connectivity index (χ0v) is 40.6. The van der Waals surface area contributed by atoms with Crippen LogP contribution in [0.4, 0.5) is 0 Å². The lowest BCUT2D eigenvalue weighted by Gasteiger charge is -2.24. The summed E-state index contributed by atoms with van der Waals surface area (Å²) < 4.78 is 5.93. The molecule has 0 spiro atoms. The van der Waals surface area contributed by atoms with Gasteiger partial charge in [-0.3, -0.25) is 9.59 Å². The maximum Gasteiger partial charge on any atom is 0.306 e. The Morgan fingerprint density at radius 2 is 0.833 bits per heavy atom. The number of aliphatic hydroxyl groups is 2. The molecule has 60 heavy (non-hydrogen) atoms. The number of hydrogen-bond acceptors (Lipinski definition) is 5. The molecule has 6 heteroatoms. The van der Waals surface area contributed by atoms with Crippen LogP contribution >= 0.6 is 0 Å². The molecule has 0 saturated carbocycles. The molecule has 3 N–H and O–H groups in total. The van der Waals surface area contributed by atoms with E-state index in [4.69, 9.17) is 4.74 Å². The maximum absolute atomic E-state index is 13.2. The van der Waals surface area contributed by atoms with Crippen molar-refractivity contribution in [1.82, 2.24) is 5.32 Å². The van der Waals surface area contributed by atoms with Gasteiger partial charge in [-0.1, -0.05) is 251 Å². The molecule has 1 amide bonds. The minimum Gasteiger partial charge on any atom is -0.462 e. The van der Waals surface area contributed by atoms with Gasteiger partial charge in [0.1, 0.15) is 6.10 Å². The Balaban J connectivity index is 4.48. The summed E-state index contributed by atoms with van der Waals surface area (Å²) in [6.45, 7) is 6.46. The minimum atomic E-state index is -0.783. The van der Waals surface area contributed by atoms with E-state index in [9.17, 15) is 19.8 Å². The van der Waals surface area contributed by atoms with E-state index in [0.29, 0.717) is 19.3 Å². The van der Waals surface area contributed by atoms with E-state index in [1.807, 2.05) is 0 Å². The maximum atomic E-state index is 13.2. The summed E-state index contributed by atoms with van der Waals surface area (Å²) in [6.07, 6.45) is 54.2. The Labute approximate surface area is 374 Å². The molecule has 0 aromatic heterocycles. The van der Waals surface area contributed by atoms with Crippen LogP contribution in [0, 0.1) is 0 Å². The third kappa shape index (κ3) is 43.3. The molecular formula is C54H105NO5. The van der Waals surface area contributed by atoms with Gasteiger partial charge in [0.15, 0.2) is 0 Å². The first-order chi connectivity index (χ1) is 29.5. The van der Waals surface area contributed by atoms with Crippen LogP contribution in [0.25, 0.3) is 0 Å². The standard InChI is InChI=1S/C54H105NO5/c1-4-7-10-13-16-19-22-24-26-27-28-29-31-33-36-39-42-45-50(60-54(59)47-44-41-38-35-21-18-15-12-9-6-3)48-53(58)55-51(49-56)52(57)46-43-40-37-34-32-30-25-23-20-17-14-11-8-5-2/h12,15,50-52,56-57H,4-11,13-14,16-49H2,1-3H3,(H,55,58)/b15-12-. The van der Waals surface area contributed by atoms with Crippen LogP contribution in [0.2, 0.25) is 0 Å². The van der Waals surface area contributed by atoms with Gasteiger partial charge >= 0.3 is 5.97 Å². The van der Waals surface area contributed by atoms with Crippen molar-refractivity contribution >= 4 is 11.9 Å². The second-order valence-electron chi connectivity index (χ2n) is 18.6. The predicted molar refractivity (Wildman–Crippen MR) is 260 cm³/mol. The average molecular weight is 848 g/mol. The lowest BCUT2D eigenvalue weighted by Crippen LogP contribution is -2.46. The van der Waals surface area contributed by atoms with Gasteiger partial charge in [-0.2, -0.15) is 0 Å². The quantitative estimate of drug-likeness (QED) is 0.0322. The number of hydrogen-bond donors (Lipinski definition) is 3. The van der Waals surface area contributed by atoms with E-state index in [-0.39, 0.29) is 24.9 Å². The van der Waals surface area contributed by atoms with E-state index in [2.05, 4.69) is 38.2 Å². The van der Waals surface area contributed by atoms with Crippen LogP contribution in [-0.2, 0) is 14.3 Å². The number of amides is 1. The predicted octanol–water partition coefficient (Wildman–Crippen LogP) is 16.1. The SMILES string of the molecule is CCC/C=C\CCCCCCCC(=O)OC(CCCCCCCCCCCCCCCCCCC)CC(=O)NC(CO)C(O)CCCCCCCCCCCCCCCC. The molecular weight excluding hydrogens is 743 g/mol. The smallest absolute Gasteiger partial charge is 0.306 e. The van der Waals surface area contributed by atoms with Crippen LogP contribution in [-0.4, -0.2) is 46.9 Å².